The molecule has 0 N–H and O–H groups in total. The van der Waals surface area contributed by atoms with Gasteiger partial charge < -0.3 is 0 Å². The van der Waals surface area contributed by atoms with Crippen LogP contribution in [0.3, 0.4) is 0 Å². The summed E-state index contributed by atoms with van der Waals surface area (Å²) in [4.78, 5) is 11.6. The quantitative estimate of drug-likeness (QED) is 0.609. The highest BCUT2D eigenvalue weighted by Crippen LogP contribution is 2.33. The lowest BCUT2D eigenvalue weighted by Crippen LogP contribution is -2.25. The molecular weight excluding hydrogens is 160 g/mol. The van der Waals surface area contributed by atoms with Gasteiger partial charge in [-0.2, -0.15) is 0 Å². The molecule has 1 aliphatic rings. The number of allylic oxidation sites excluding steroid dienone is 1. The van der Waals surface area contributed by atoms with Gasteiger partial charge in [0.05, 0.1) is 0 Å². The van der Waals surface area contributed by atoms with Crippen molar-refractivity contribution >= 4 is 5.78 Å². The molecule has 0 bridgehead atoms. The van der Waals surface area contributed by atoms with Gasteiger partial charge in [-0.15, -0.1) is 6.58 Å². The van der Waals surface area contributed by atoms with E-state index in [0.29, 0.717) is 18.1 Å². The Balaban J connectivity index is 2.49. The average molecular weight is 180 g/mol. The smallest absolute Gasteiger partial charge is 0.139 e. The fourth-order valence-electron chi connectivity index (χ4n) is 2.52. The van der Waals surface area contributed by atoms with E-state index in [0.717, 1.165) is 24.7 Å². The van der Waals surface area contributed by atoms with Crippen molar-refractivity contribution in [2.45, 2.75) is 39.5 Å². The molecule has 2 atom stereocenters. The SMILES string of the molecule is C=CCC(=O)C1CC(C)CC(C)C1. The highest BCUT2D eigenvalue weighted by Gasteiger charge is 2.27. The first-order valence-corrected chi connectivity index (χ1v) is 5.27. The Labute approximate surface area is 81.2 Å². The van der Waals surface area contributed by atoms with Crippen molar-refractivity contribution in [2.24, 2.45) is 17.8 Å². The van der Waals surface area contributed by atoms with Gasteiger partial charge in [-0.3, -0.25) is 4.79 Å². The summed E-state index contributed by atoms with van der Waals surface area (Å²) in [7, 11) is 0. The third-order valence-electron chi connectivity index (χ3n) is 2.98. The molecular formula is C12H20O. The molecule has 2 unspecified atom stereocenters. The molecule has 13 heavy (non-hydrogen) atoms. The Morgan fingerprint density at radius 1 is 1.31 bits per heavy atom. The molecule has 1 nitrogen and oxygen atoms in total. The molecule has 0 aromatic rings. The zero-order chi connectivity index (χ0) is 9.84. The van der Waals surface area contributed by atoms with Gasteiger partial charge in [0.25, 0.3) is 0 Å². The molecule has 1 fully saturated rings. The second-order valence-electron chi connectivity index (χ2n) is 4.57. The van der Waals surface area contributed by atoms with Gasteiger partial charge in [0.2, 0.25) is 0 Å². The molecule has 0 saturated heterocycles. The summed E-state index contributed by atoms with van der Waals surface area (Å²) >= 11 is 0. The number of carbonyl (C=O) groups is 1. The van der Waals surface area contributed by atoms with Gasteiger partial charge in [-0.1, -0.05) is 19.9 Å². The predicted octanol–water partition coefficient (Wildman–Crippen LogP) is 3.20. The number of ketones is 1. The van der Waals surface area contributed by atoms with Crippen molar-refractivity contribution < 1.29 is 4.79 Å². The van der Waals surface area contributed by atoms with E-state index in [9.17, 15) is 4.79 Å². The lowest BCUT2D eigenvalue weighted by atomic mass is 9.74. The molecule has 1 saturated carbocycles. The topological polar surface area (TPSA) is 17.1 Å². The minimum Gasteiger partial charge on any atom is -0.299 e. The van der Waals surface area contributed by atoms with Crippen molar-refractivity contribution in [1.82, 2.24) is 0 Å². The van der Waals surface area contributed by atoms with E-state index < -0.39 is 0 Å². The van der Waals surface area contributed by atoms with E-state index in [1.54, 1.807) is 6.08 Å². The number of hydrogen-bond donors (Lipinski definition) is 0. The van der Waals surface area contributed by atoms with Crippen molar-refractivity contribution in [3.05, 3.63) is 12.7 Å². The van der Waals surface area contributed by atoms with Gasteiger partial charge in [0, 0.05) is 12.3 Å². The summed E-state index contributed by atoms with van der Waals surface area (Å²) in [6.07, 6.45) is 5.77. The van der Waals surface area contributed by atoms with Gasteiger partial charge in [-0.25, -0.2) is 0 Å². The maximum Gasteiger partial charge on any atom is 0.139 e. The van der Waals surface area contributed by atoms with Crippen LogP contribution in [0.4, 0.5) is 0 Å². The van der Waals surface area contributed by atoms with Crippen LogP contribution in [0.15, 0.2) is 12.7 Å². The molecule has 0 radical (unpaired) electrons. The number of Topliss-reactive ketones (excluding diaryl/α,β-unsaturated/α-hetero) is 1. The molecule has 0 aromatic carbocycles. The van der Waals surface area contributed by atoms with Crippen molar-refractivity contribution in [1.29, 1.82) is 0 Å². The third-order valence-corrected chi connectivity index (χ3v) is 2.98. The molecule has 1 heteroatoms. The Bertz CT molecular complexity index is 185. The van der Waals surface area contributed by atoms with Crippen LogP contribution >= 0.6 is 0 Å². The lowest BCUT2D eigenvalue weighted by molar-refractivity contribution is -0.123. The third kappa shape index (κ3) is 2.98. The summed E-state index contributed by atoms with van der Waals surface area (Å²) in [6, 6.07) is 0. The van der Waals surface area contributed by atoms with E-state index in [1.807, 2.05) is 0 Å². The largest absolute Gasteiger partial charge is 0.299 e. The van der Waals surface area contributed by atoms with E-state index in [-0.39, 0.29) is 0 Å². The van der Waals surface area contributed by atoms with Crippen LogP contribution in [0.2, 0.25) is 0 Å². The van der Waals surface area contributed by atoms with E-state index >= 15 is 0 Å². The first kappa shape index (κ1) is 10.5. The molecule has 0 spiro atoms. The summed E-state index contributed by atoms with van der Waals surface area (Å²) < 4.78 is 0. The van der Waals surface area contributed by atoms with Gasteiger partial charge >= 0.3 is 0 Å². The summed E-state index contributed by atoms with van der Waals surface area (Å²) in [6.45, 7) is 8.12. The number of carbonyl (C=O) groups excluding carboxylic acids is 1. The van der Waals surface area contributed by atoms with Gasteiger partial charge in [0.15, 0.2) is 0 Å². The number of hydrogen-bond acceptors (Lipinski definition) is 1. The average Bonchev–Trinajstić information content (AvgIpc) is 2.03. The van der Waals surface area contributed by atoms with Crippen LogP contribution in [0.25, 0.3) is 0 Å². The summed E-state index contributed by atoms with van der Waals surface area (Å²) in [5, 5.41) is 0. The van der Waals surface area contributed by atoms with Crippen LogP contribution < -0.4 is 0 Å². The normalized spacial score (nSPS) is 34.2. The molecule has 0 aromatic heterocycles. The zero-order valence-electron chi connectivity index (χ0n) is 8.75. The lowest BCUT2D eigenvalue weighted by Gasteiger charge is -2.30. The molecule has 74 valence electrons. The predicted molar refractivity (Wildman–Crippen MR) is 55.5 cm³/mol. The fourth-order valence-corrected chi connectivity index (χ4v) is 2.52. The fraction of sp³-hybridized carbons (Fsp3) is 0.750. The second kappa shape index (κ2) is 4.59. The van der Waals surface area contributed by atoms with Crippen molar-refractivity contribution in [2.75, 3.05) is 0 Å². The molecule has 1 rings (SSSR count). The second-order valence-corrected chi connectivity index (χ2v) is 4.57. The molecule has 1 aliphatic carbocycles. The van der Waals surface area contributed by atoms with Crippen LogP contribution in [-0.2, 0) is 4.79 Å². The highest BCUT2D eigenvalue weighted by atomic mass is 16.1. The van der Waals surface area contributed by atoms with E-state index in [1.165, 1.54) is 6.42 Å². The highest BCUT2D eigenvalue weighted by molar-refractivity contribution is 5.82. The Morgan fingerprint density at radius 2 is 1.85 bits per heavy atom. The first-order chi connectivity index (χ1) is 6.13. The summed E-state index contributed by atoms with van der Waals surface area (Å²) in [5.41, 5.74) is 0. The summed E-state index contributed by atoms with van der Waals surface area (Å²) in [5.74, 6) is 2.16. The van der Waals surface area contributed by atoms with Crippen molar-refractivity contribution in [3.63, 3.8) is 0 Å². The zero-order valence-corrected chi connectivity index (χ0v) is 8.75. The molecule has 0 amide bonds. The van der Waals surface area contributed by atoms with Crippen LogP contribution in [-0.4, -0.2) is 5.78 Å². The van der Waals surface area contributed by atoms with Crippen LogP contribution in [0, 0.1) is 17.8 Å². The van der Waals surface area contributed by atoms with Crippen molar-refractivity contribution in [3.8, 4) is 0 Å². The molecule has 0 aliphatic heterocycles. The Hall–Kier alpha value is -0.590. The van der Waals surface area contributed by atoms with Crippen LogP contribution in [0.5, 0.6) is 0 Å². The monoisotopic (exact) mass is 180 g/mol. The maximum absolute atomic E-state index is 11.6. The standard InChI is InChI=1S/C12H20O/c1-4-5-12(13)11-7-9(2)6-10(3)8-11/h4,9-11H,1,5-8H2,2-3H3. The minimum atomic E-state index is 0.316. The number of rotatable bonds is 3. The van der Waals surface area contributed by atoms with Gasteiger partial charge in [-0.05, 0) is 31.1 Å². The Morgan fingerprint density at radius 3 is 2.31 bits per heavy atom. The van der Waals surface area contributed by atoms with E-state index in [2.05, 4.69) is 20.4 Å². The molecule has 0 heterocycles. The van der Waals surface area contributed by atoms with E-state index in [4.69, 9.17) is 0 Å². The Kier molecular flexibility index (Phi) is 3.71. The maximum atomic E-state index is 11.6. The first-order valence-electron chi connectivity index (χ1n) is 5.27. The minimum absolute atomic E-state index is 0.316. The van der Waals surface area contributed by atoms with Crippen LogP contribution in [0.1, 0.15) is 39.5 Å². The van der Waals surface area contributed by atoms with Gasteiger partial charge in [0.1, 0.15) is 5.78 Å².